The minimum absolute atomic E-state index is 0.803. The number of aromatic nitrogens is 2. The highest BCUT2D eigenvalue weighted by Crippen LogP contribution is 2.20. The molecule has 2 aromatic carbocycles. The number of hydrogen-bond acceptors (Lipinski definition) is 1. The zero-order valence-corrected chi connectivity index (χ0v) is 16.3. The van der Waals surface area contributed by atoms with Gasteiger partial charge in [0, 0.05) is 18.8 Å². The third kappa shape index (κ3) is 5.35. The molecule has 1 aromatic heterocycles. The highest BCUT2D eigenvalue weighted by Gasteiger charge is 2.10. The number of fused-ring (bicyclic) bond motifs is 1. The van der Waals surface area contributed by atoms with Crippen LogP contribution in [0.3, 0.4) is 0 Å². The number of nitrogens with zero attached hydrogens (tertiary/aromatic N) is 2. The van der Waals surface area contributed by atoms with Crippen molar-refractivity contribution in [3.63, 3.8) is 0 Å². The van der Waals surface area contributed by atoms with Crippen molar-refractivity contribution >= 4 is 22.6 Å². The fourth-order valence-electron chi connectivity index (χ4n) is 3.54. The standard InChI is InChI=1S/C23H29ClN2/c24-17-11-4-2-1-3-5-12-18-26-22-16-10-9-15-21(22)25-23(26)19-20-13-7-6-8-14-20/h6-10,13-16H,1-5,11-12,17-19H2. The molecule has 0 unspecified atom stereocenters. The van der Waals surface area contributed by atoms with E-state index in [0.717, 1.165) is 30.8 Å². The first kappa shape index (κ1) is 19.0. The maximum atomic E-state index is 5.73. The highest BCUT2D eigenvalue weighted by atomic mass is 35.5. The molecule has 0 atom stereocenters. The maximum Gasteiger partial charge on any atom is 0.114 e. The first-order valence-electron chi connectivity index (χ1n) is 9.92. The second-order valence-electron chi connectivity index (χ2n) is 6.99. The summed E-state index contributed by atoms with van der Waals surface area (Å²) in [4.78, 5) is 4.91. The van der Waals surface area contributed by atoms with Crippen LogP contribution in [0.15, 0.2) is 54.6 Å². The third-order valence-corrected chi connectivity index (χ3v) is 5.22. The summed E-state index contributed by atoms with van der Waals surface area (Å²) in [7, 11) is 0. The highest BCUT2D eigenvalue weighted by molar-refractivity contribution is 6.17. The molecule has 3 rings (SSSR count). The quantitative estimate of drug-likeness (QED) is 0.275. The summed E-state index contributed by atoms with van der Waals surface area (Å²) in [5, 5.41) is 0. The van der Waals surface area contributed by atoms with Crippen molar-refractivity contribution < 1.29 is 0 Å². The number of aryl methyl sites for hydroxylation is 1. The number of para-hydroxylation sites is 2. The van der Waals surface area contributed by atoms with E-state index in [-0.39, 0.29) is 0 Å². The van der Waals surface area contributed by atoms with E-state index in [0.29, 0.717) is 0 Å². The second kappa shape index (κ2) is 10.4. The molecule has 0 saturated heterocycles. The summed E-state index contributed by atoms with van der Waals surface area (Å²) in [5.74, 6) is 1.98. The van der Waals surface area contributed by atoms with Crippen molar-refractivity contribution in [3.05, 3.63) is 66.0 Å². The van der Waals surface area contributed by atoms with Crippen LogP contribution in [0.4, 0.5) is 0 Å². The molecular formula is C23H29ClN2. The van der Waals surface area contributed by atoms with Crippen molar-refractivity contribution in [1.29, 1.82) is 0 Å². The summed E-state index contributed by atoms with van der Waals surface area (Å²) in [6.07, 6.45) is 9.81. The van der Waals surface area contributed by atoms with Crippen molar-refractivity contribution in [2.45, 2.75) is 57.9 Å². The molecular weight excluding hydrogens is 340 g/mol. The number of halogens is 1. The van der Waals surface area contributed by atoms with Crippen molar-refractivity contribution in [1.82, 2.24) is 9.55 Å². The average Bonchev–Trinajstić information content (AvgIpc) is 3.02. The SMILES string of the molecule is ClCCCCCCCCCn1c(Cc2ccccc2)nc2ccccc21. The predicted octanol–water partition coefficient (Wildman–Crippen LogP) is 6.60. The number of hydrogen-bond donors (Lipinski definition) is 0. The van der Waals surface area contributed by atoms with E-state index in [2.05, 4.69) is 59.2 Å². The van der Waals surface area contributed by atoms with Gasteiger partial charge in [-0.2, -0.15) is 0 Å². The predicted molar refractivity (Wildman–Crippen MR) is 112 cm³/mol. The summed E-state index contributed by atoms with van der Waals surface area (Å²) in [5.41, 5.74) is 3.70. The van der Waals surface area contributed by atoms with E-state index in [9.17, 15) is 0 Å². The van der Waals surface area contributed by atoms with Crippen LogP contribution >= 0.6 is 11.6 Å². The summed E-state index contributed by atoms with van der Waals surface area (Å²) in [6.45, 7) is 1.06. The largest absolute Gasteiger partial charge is 0.328 e. The lowest BCUT2D eigenvalue weighted by atomic mass is 10.1. The molecule has 0 aliphatic carbocycles. The van der Waals surface area contributed by atoms with Gasteiger partial charge in [0.2, 0.25) is 0 Å². The number of unbranched alkanes of at least 4 members (excludes halogenated alkanes) is 6. The smallest absolute Gasteiger partial charge is 0.114 e. The van der Waals surface area contributed by atoms with Crippen molar-refractivity contribution in [2.24, 2.45) is 0 Å². The molecule has 0 bridgehead atoms. The van der Waals surface area contributed by atoms with Gasteiger partial charge in [-0.05, 0) is 30.5 Å². The fraction of sp³-hybridized carbons (Fsp3) is 0.435. The van der Waals surface area contributed by atoms with E-state index in [1.54, 1.807) is 0 Å². The first-order chi connectivity index (χ1) is 12.9. The van der Waals surface area contributed by atoms with Crippen molar-refractivity contribution in [3.8, 4) is 0 Å². The Hall–Kier alpha value is -1.80. The van der Waals surface area contributed by atoms with Gasteiger partial charge in [-0.25, -0.2) is 4.98 Å². The van der Waals surface area contributed by atoms with Crippen LogP contribution in [0.25, 0.3) is 11.0 Å². The molecule has 0 saturated carbocycles. The lowest BCUT2D eigenvalue weighted by molar-refractivity contribution is 0.548. The van der Waals surface area contributed by atoms with Gasteiger partial charge in [0.25, 0.3) is 0 Å². The molecule has 2 nitrogen and oxygen atoms in total. The molecule has 3 aromatic rings. The van der Waals surface area contributed by atoms with Gasteiger partial charge >= 0.3 is 0 Å². The van der Waals surface area contributed by atoms with Crippen LogP contribution in [-0.4, -0.2) is 15.4 Å². The minimum Gasteiger partial charge on any atom is -0.328 e. The average molecular weight is 369 g/mol. The maximum absolute atomic E-state index is 5.73. The van der Waals surface area contributed by atoms with Gasteiger partial charge in [0.15, 0.2) is 0 Å². The Morgan fingerprint density at radius 3 is 2.15 bits per heavy atom. The molecule has 0 spiro atoms. The lowest BCUT2D eigenvalue weighted by Crippen LogP contribution is -2.05. The van der Waals surface area contributed by atoms with Crippen LogP contribution in [0.1, 0.15) is 56.3 Å². The third-order valence-electron chi connectivity index (χ3n) is 4.95. The fourth-order valence-corrected chi connectivity index (χ4v) is 3.73. The first-order valence-corrected chi connectivity index (χ1v) is 10.5. The number of rotatable bonds is 11. The molecule has 1 heterocycles. The van der Waals surface area contributed by atoms with Crippen LogP contribution in [-0.2, 0) is 13.0 Å². The van der Waals surface area contributed by atoms with E-state index < -0.39 is 0 Å². The van der Waals surface area contributed by atoms with Crippen LogP contribution < -0.4 is 0 Å². The molecule has 0 amide bonds. The molecule has 0 N–H and O–H groups in total. The molecule has 0 fully saturated rings. The van der Waals surface area contributed by atoms with Gasteiger partial charge in [0.1, 0.15) is 5.82 Å². The van der Waals surface area contributed by atoms with Gasteiger partial charge in [-0.3, -0.25) is 0 Å². The van der Waals surface area contributed by atoms with E-state index in [4.69, 9.17) is 16.6 Å². The Morgan fingerprint density at radius 1 is 0.731 bits per heavy atom. The second-order valence-corrected chi connectivity index (χ2v) is 7.37. The Labute approximate surface area is 162 Å². The van der Waals surface area contributed by atoms with Gasteiger partial charge < -0.3 is 4.57 Å². The number of alkyl halides is 1. The summed E-state index contributed by atoms with van der Waals surface area (Å²) < 4.78 is 2.43. The molecule has 138 valence electrons. The number of benzene rings is 2. The van der Waals surface area contributed by atoms with E-state index >= 15 is 0 Å². The monoisotopic (exact) mass is 368 g/mol. The Bertz CT molecular complexity index is 779. The molecule has 0 radical (unpaired) electrons. The number of imidazole rings is 1. The van der Waals surface area contributed by atoms with Crippen LogP contribution in [0.2, 0.25) is 0 Å². The molecule has 0 aliphatic heterocycles. The molecule has 26 heavy (non-hydrogen) atoms. The Morgan fingerprint density at radius 2 is 1.38 bits per heavy atom. The molecule has 0 aliphatic rings. The van der Waals surface area contributed by atoms with E-state index in [1.807, 2.05) is 0 Å². The normalized spacial score (nSPS) is 11.3. The zero-order chi connectivity index (χ0) is 18.0. The van der Waals surface area contributed by atoms with Gasteiger partial charge in [-0.1, -0.05) is 74.6 Å². The lowest BCUT2D eigenvalue weighted by Gasteiger charge is -2.09. The zero-order valence-electron chi connectivity index (χ0n) is 15.5. The van der Waals surface area contributed by atoms with Crippen LogP contribution in [0, 0.1) is 0 Å². The van der Waals surface area contributed by atoms with E-state index in [1.165, 1.54) is 55.4 Å². The molecule has 3 heteroatoms. The minimum atomic E-state index is 0.803. The van der Waals surface area contributed by atoms with Gasteiger partial charge in [0.05, 0.1) is 11.0 Å². The van der Waals surface area contributed by atoms with Crippen LogP contribution in [0.5, 0.6) is 0 Å². The van der Waals surface area contributed by atoms with Crippen molar-refractivity contribution in [2.75, 3.05) is 5.88 Å². The Balaban J connectivity index is 1.60. The topological polar surface area (TPSA) is 17.8 Å². The summed E-state index contributed by atoms with van der Waals surface area (Å²) >= 11 is 5.73. The van der Waals surface area contributed by atoms with Gasteiger partial charge in [-0.15, -0.1) is 11.6 Å². The Kier molecular flexibility index (Phi) is 7.57. The summed E-state index contributed by atoms with van der Waals surface area (Å²) in [6, 6.07) is 19.2.